The van der Waals surface area contributed by atoms with Crippen LogP contribution in [-0.2, 0) is 0 Å². The molecule has 0 aliphatic heterocycles. The molecule has 3 aromatic rings. The van der Waals surface area contributed by atoms with Crippen LogP contribution in [0.1, 0.15) is 31.8 Å². The molecule has 0 spiro atoms. The Labute approximate surface area is 159 Å². The molecule has 1 aliphatic rings. The summed E-state index contributed by atoms with van der Waals surface area (Å²) in [6.07, 6.45) is 0. The fraction of sp³-hybridized carbons (Fsp3) is 0.0476. The molecule has 0 amide bonds. The summed E-state index contributed by atoms with van der Waals surface area (Å²) in [5, 5.41) is 14.2. The van der Waals surface area contributed by atoms with Crippen molar-refractivity contribution in [2.24, 2.45) is 0 Å². The van der Waals surface area contributed by atoms with E-state index in [-0.39, 0.29) is 33.7 Å². The minimum absolute atomic E-state index is 0.0493. The number of fused-ring (bicyclic) bond motifs is 2. The zero-order valence-electron chi connectivity index (χ0n) is 14.8. The first-order valence-corrected chi connectivity index (χ1v) is 8.41. The van der Waals surface area contributed by atoms with Crippen molar-refractivity contribution in [3.05, 3.63) is 93.0 Å². The number of hydrogen-bond acceptors (Lipinski definition) is 6. The lowest BCUT2D eigenvalue weighted by atomic mass is 9.83. The molecular weight excluding hydrogens is 360 g/mol. The minimum Gasteiger partial charge on any atom is -0.497 e. The van der Waals surface area contributed by atoms with Crippen LogP contribution in [0, 0.1) is 10.1 Å². The van der Waals surface area contributed by atoms with E-state index < -0.39 is 10.7 Å². The Kier molecular flexibility index (Phi) is 4.12. The van der Waals surface area contributed by atoms with E-state index in [0.717, 1.165) is 11.8 Å². The van der Waals surface area contributed by atoms with E-state index in [4.69, 9.17) is 4.74 Å². The van der Waals surface area contributed by atoms with Gasteiger partial charge >= 0.3 is 0 Å². The van der Waals surface area contributed by atoms with E-state index in [0.29, 0.717) is 11.4 Å². The van der Waals surface area contributed by atoms with Gasteiger partial charge in [0.25, 0.3) is 5.69 Å². The van der Waals surface area contributed by atoms with Crippen LogP contribution in [0.2, 0.25) is 0 Å². The van der Waals surface area contributed by atoms with Crippen LogP contribution in [0.3, 0.4) is 0 Å². The Morgan fingerprint density at radius 2 is 1.64 bits per heavy atom. The summed E-state index contributed by atoms with van der Waals surface area (Å²) in [6.45, 7) is 0. The van der Waals surface area contributed by atoms with Gasteiger partial charge in [-0.25, -0.2) is 0 Å². The van der Waals surface area contributed by atoms with E-state index in [1.807, 2.05) is 0 Å². The Balaban J connectivity index is 1.78. The SMILES string of the molecule is COc1ccc(Nc2cccc3c2C(=O)c2ccc([N+](=O)[O-])cc2C3=O)cc1. The highest BCUT2D eigenvalue weighted by Crippen LogP contribution is 2.35. The highest BCUT2D eigenvalue weighted by molar-refractivity contribution is 6.30. The quantitative estimate of drug-likeness (QED) is 0.426. The van der Waals surface area contributed by atoms with Crippen molar-refractivity contribution in [1.82, 2.24) is 0 Å². The molecule has 0 saturated carbocycles. The average molecular weight is 374 g/mol. The third kappa shape index (κ3) is 2.79. The monoisotopic (exact) mass is 374 g/mol. The largest absolute Gasteiger partial charge is 0.497 e. The number of hydrogen-bond donors (Lipinski definition) is 1. The fourth-order valence-electron chi connectivity index (χ4n) is 3.23. The van der Waals surface area contributed by atoms with Crippen LogP contribution < -0.4 is 10.1 Å². The molecule has 0 heterocycles. The molecule has 0 atom stereocenters. The summed E-state index contributed by atoms with van der Waals surface area (Å²) < 4.78 is 5.13. The minimum atomic E-state index is -0.588. The first-order chi connectivity index (χ1) is 13.5. The molecule has 0 unspecified atom stereocenters. The lowest BCUT2D eigenvalue weighted by molar-refractivity contribution is -0.384. The normalized spacial score (nSPS) is 12.2. The topological polar surface area (TPSA) is 98.5 Å². The Morgan fingerprint density at radius 1 is 0.893 bits per heavy atom. The van der Waals surface area contributed by atoms with Crippen molar-refractivity contribution >= 4 is 28.6 Å². The number of carbonyl (C=O) groups is 2. The molecule has 28 heavy (non-hydrogen) atoms. The van der Waals surface area contributed by atoms with Crippen molar-refractivity contribution in [3.8, 4) is 5.75 Å². The van der Waals surface area contributed by atoms with Crippen LogP contribution in [0.25, 0.3) is 0 Å². The highest BCUT2D eigenvalue weighted by atomic mass is 16.6. The van der Waals surface area contributed by atoms with E-state index >= 15 is 0 Å². The van der Waals surface area contributed by atoms with E-state index in [1.54, 1.807) is 49.6 Å². The molecule has 1 aliphatic carbocycles. The number of benzene rings is 3. The smallest absolute Gasteiger partial charge is 0.270 e. The van der Waals surface area contributed by atoms with Crippen LogP contribution >= 0.6 is 0 Å². The van der Waals surface area contributed by atoms with E-state index in [9.17, 15) is 19.7 Å². The van der Waals surface area contributed by atoms with Gasteiger partial charge in [-0.1, -0.05) is 12.1 Å². The molecule has 7 nitrogen and oxygen atoms in total. The molecule has 4 rings (SSSR count). The summed E-state index contributed by atoms with van der Waals surface area (Å²) in [5.74, 6) is -0.0646. The molecule has 7 heteroatoms. The third-order valence-corrected chi connectivity index (χ3v) is 4.61. The number of nitro benzene ring substituents is 1. The lowest BCUT2D eigenvalue weighted by Crippen LogP contribution is -2.22. The first-order valence-electron chi connectivity index (χ1n) is 8.41. The number of methoxy groups -OCH3 is 1. The summed E-state index contributed by atoms with van der Waals surface area (Å²) in [5.41, 5.74) is 1.67. The molecule has 3 aromatic carbocycles. The maximum absolute atomic E-state index is 13.1. The molecule has 0 saturated heterocycles. The van der Waals surface area contributed by atoms with Gasteiger partial charge in [0.15, 0.2) is 11.6 Å². The van der Waals surface area contributed by atoms with Crippen molar-refractivity contribution in [2.75, 3.05) is 12.4 Å². The number of nitrogens with one attached hydrogen (secondary N) is 1. The van der Waals surface area contributed by atoms with Crippen molar-refractivity contribution in [2.45, 2.75) is 0 Å². The van der Waals surface area contributed by atoms with Crippen LogP contribution in [-0.4, -0.2) is 23.6 Å². The van der Waals surface area contributed by atoms with Gasteiger partial charge < -0.3 is 10.1 Å². The summed E-state index contributed by atoms with van der Waals surface area (Å²) in [7, 11) is 1.57. The first kappa shape index (κ1) is 17.4. The van der Waals surface area contributed by atoms with E-state index in [1.165, 1.54) is 12.1 Å². The summed E-state index contributed by atoms with van der Waals surface area (Å²) in [4.78, 5) is 36.4. The second-order valence-corrected chi connectivity index (χ2v) is 6.23. The number of non-ortho nitro benzene ring substituents is 1. The van der Waals surface area contributed by atoms with Crippen molar-refractivity contribution in [1.29, 1.82) is 0 Å². The molecular formula is C21H14N2O5. The number of carbonyl (C=O) groups excluding carboxylic acids is 2. The Bertz CT molecular complexity index is 1140. The molecule has 0 bridgehead atoms. The molecule has 0 aromatic heterocycles. The summed E-state index contributed by atoms with van der Waals surface area (Å²) >= 11 is 0. The lowest BCUT2D eigenvalue weighted by Gasteiger charge is -2.20. The maximum Gasteiger partial charge on any atom is 0.270 e. The number of nitro groups is 1. The molecule has 1 N–H and O–H groups in total. The Hall–Kier alpha value is -4.00. The number of rotatable bonds is 4. The highest BCUT2D eigenvalue weighted by Gasteiger charge is 2.33. The van der Waals surface area contributed by atoms with Crippen molar-refractivity contribution < 1.29 is 19.2 Å². The zero-order chi connectivity index (χ0) is 19.8. The zero-order valence-corrected chi connectivity index (χ0v) is 14.8. The van der Waals surface area contributed by atoms with Crippen LogP contribution in [0.5, 0.6) is 5.75 Å². The second-order valence-electron chi connectivity index (χ2n) is 6.23. The summed E-state index contributed by atoms with van der Waals surface area (Å²) in [6, 6.07) is 15.8. The van der Waals surface area contributed by atoms with Crippen LogP contribution in [0.15, 0.2) is 60.7 Å². The number of anilines is 2. The van der Waals surface area contributed by atoms with Gasteiger partial charge in [0, 0.05) is 34.5 Å². The third-order valence-electron chi connectivity index (χ3n) is 4.61. The van der Waals surface area contributed by atoms with Gasteiger partial charge in [-0.05, 0) is 36.4 Å². The standard InChI is InChI=1S/C21H14N2O5/c1-28-14-8-5-12(6-9-14)22-18-4-2-3-16-19(18)21(25)15-10-7-13(23(26)27)11-17(15)20(16)24/h2-11,22H,1H3. The van der Waals surface area contributed by atoms with Crippen molar-refractivity contribution in [3.63, 3.8) is 0 Å². The molecule has 0 radical (unpaired) electrons. The fourth-order valence-corrected chi connectivity index (χ4v) is 3.23. The van der Waals surface area contributed by atoms with E-state index in [2.05, 4.69) is 5.32 Å². The molecule has 0 fully saturated rings. The number of ether oxygens (including phenoxy) is 1. The predicted molar refractivity (Wildman–Crippen MR) is 103 cm³/mol. The predicted octanol–water partition coefficient (Wildman–Crippen LogP) is 4.12. The molecule has 138 valence electrons. The Morgan fingerprint density at radius 3 is 2.32 bits per heavy atom. The van der Waals surface area contributed by atoms with Gasteiger partial charge in [0.1, 0.15) is 5.75 Å². The average Bonchev–Trinajstić information content (AvgIpc) is 2.72. The second kappa shape index (κ2) is 6.62. The van der Waals surface area contributed by atoms with Crippen LogP contribution in [0.4, 0.5) is 17.1 Å². The number of ketones is 2. The van der Waals surface area contributed by atoms with Gasteiger partial charge in [-0.15, -0.1) is 0 Å². The maximum atomic E-state index is 13.1. The van der Waals surface area contributed by atoms with Gasteiger partial charge in [-0.2, -0.15) is 0 Å². The number of nitrogens with zero attached hydrogens (tertiary/aromatic N) is 1. The van der Waals surface area contributed by atoms with Gasteiger partial charge in [-0.3, -0.25) is 19.7 Å². The van der Waals surface area contributed by atoms with Gasteiger partial charge in [0.05, 0.1) is 23.3 Å². The van der Waals surface area contributed by atoms with Gasteiger partial charge in [0.2, 0.25) is 0 Å².